The average Bonchev–Trinajstić information content (AvgIpc) is 2.81. The summed E-state index contributed by atoms with van der Waals surface area (Å²) in [7, 11) is 2.04. The quantitative estimate of drug-likeness (QED) is 0.837. The van der Waals surface area contributed by atoms with E-state index >= 15 is 0 Å². The molecule has 0 saturated carbocycles. The predicted octanol–water partition coefficient (Wildman–Crippen LogP) is 0.847. The Bertz CT molecular complexity index is 475. The van der Waals surface area contributed by atoms with E-state index in [0.717, 1.165) is 18.7 Å². The van der Waals surface area contributed by atoms with E-state index in [1.807, 2.05) is 25.2 Å². The van der Waals surface area contributed by atoms with E-state index in [9.17, 15) is 9.59 Å². The summed E-state index contributed by atoms with van der Waals surface area (Å²) in [4.78, 5) is 26.7. The molecule has 5 nitrogen and oxygen atoms in total. The maximum absolute atomic E-state index is 11.7. The Kier molecular flexibility index (Phi) is 4.61. The van der Waals surface area contributed by atoms with E-state index < -0.39 is 0 Å². The monoisotopic (exact) mass is 275 g/mol. The summed E-state index contributed by atoms with van der Waals surface area (Å²) in [5.41, 5.74) is 6.41. The first-order valence-corrected chi connectivity index (χ1v) is 6.91. The van der Waals surface area contributed by atoms with Crippen molar-refractivity contribution in [3.8, 4) is 0 Å². The van der Waals surface area contributed by atoms with E-state index in [-0.39, 0.29) is 24.2 Å². The first-order valence-electron chi connectivity index (χ1n) is 6.91. The van der Waals surface area contributed by atoms with Gasteiger partial charge in [-0.1, -0.05) is 18.2 Å². The van der Waals surface area contributed by atoms with Crippen LogP contribution in [0.3, 0.4) is 0 Å². The molecule has 0 bridgehead atoms. The van der Waals surface area contributed by atoms with Crippen LogP contribution in [0.2, 0.25) is 0 Å². The van der Waals surface area contributed by atoms with Crippen LogP contribution in [0.4, 0.5) is 5.69 Å². The van der Waals surface area contributed by atoms with Crippen LogP contribution in [-0.4, -0.2) is 43.4 Å². The van der Waals surface area contributed by atoms with Gasteiger partial charge in [0.1, 0.15) is 0 Å². The molecule has 1 aliphatic rings. The smallest absolute Gasteiger partial charge is 0.223 e. The zero-order valence-electron chi connectivity index (χ0n) is 11.8. The van der Waals surface area contributed by atoms with Crippen molar-refractivity contribution in [3.05, 3.63) is 30.3 Å². The van der Waals surface area contributed by atoms with Crippen LogP contribution in [0, 0.1) is 5.92 Å². The second kappa shape index (κ2) is 6.41. The molecule has 108 valence electrons. The Labute approximate surface area is 119 Å². The Balaban J connectivity index is 1.76. The number of para-hydroxylation sites is 1. The van der Waals surface area contributed by atoms with Crippen molar-refractivity contribution in [2.45, 2.75) is 12.8 Å². The molecule has 2 amide bonds. The molecule has 1 aromatic carbocycles. The second-order valence-corrected chi connectivity index (χ2v) is 5.25. The minimum atomic E-state index is -0.373. The number of likely N-dealkylation sites (tertiary alicyclic amines) is 1. The van der Waals surface area contributed by atoms with Crippen LogP contribution in [-0.2, 0) is 9.59 Å². The minimum absolute atomic E-state index is 0.0381. The van der Waals surface area contributed by atoms with Crippen LogP contribution in [0.1, 0.15) is 12.8 Å². The van der Waals surface area contributed by atoms with Crippen LogP contribution in [0.5, 0.6) is 0 Å². The summed E-state index contributed by atoms with van der Waals surface area (Å²) in [6, 6.07) is 10.1. The lowest BCUT2D eigenvalue weighted by atomic mass is 10.1. The molecule has 0 aromatic heterocycles. The van der Waals surface area contributed by atoms with Gasteiger partial charge in [-0.3, -0.25) is 9.59 Å². The first-order chi connectivity index (χ1) is 9.58. The number of amides is 2. The molecule has 0 spiro atoms. The van der Waals surface area contributed by atoms with Gasteiger partial charge in [0.2, 0.25) is 11.8 Å². The van der Waals surface area contributed by atoms with Crippen molar-refractivity contribution < 1.29 is 9.59 Å². The summed E-state index contributed by atoms with van der Waals surface area (Å²) < 4.78 is 0. The van der Waals surface area contributed by atoms with E-state index in [1.165, 1.54) is 0 Å². The Hall–Kier alpha value is -2.04. The number of hydrogen-bond donors (Lipinski definition) is 1. The van der Waals surface area contributed by atoms with Crippen molar-refractivity contribution in [1.82, 2.24) is 4.90 Å². The standard InChI is InChI=1S/C15H21N3O2/c1-17(13-6-3-2-4-7-13)8-5-9-18-11-12(15(16)20)10-14(18)19/h2-4,6-7,12H,5,8-11H2,1H3,(H2,16,20). The minimum Gasteiger partial charge on any atom is -0.375 e. The van der Waals surface area contributed by atoms with E-state index in [2.05, 4.69) is 17.0 Å². The highest BCUT2D eigenvalue weighted by molar-refractivity contribution is 5.88. The number of carbonyl (C=O) groups excluding carboxylic acids is 2. The summed E-state index contributed by atoms with van der Waals surface area (Å²) in [6.07, 6.45) is 1.15. The molecule has 5 heteroatoms. The van der Waals surface area contributed by atoms with Crippen molar-refractivity contribution >= 4 is 17.5 Å². The first kappa shape index (κ1) is 14.4. The fourth-order valence-corrected chi connectivity index (χ4v) is 2.49. The molecule has 20 heavy (non-hydrogen) atoms. The molecule has 1 aliphatic heterocycles. The Morgan fingerprint density at radius 2 is 2.10 bits per heavy atom. The number of benzene rings is 1. The second-order valence-electron chi connectivity index (χ2n) is 5.25. The third kappa shape index (κ3) is 3.50. The molecule has 0 radical (unpaired) electrons. The summed E-state index contributed by atoms with van der Waals surface area (Å²) in [5.74, 6) is -0.646. The normalized spacial score (nSPS) is 18.4. The molecular formula is C15H21N3O2. The van der Waals surface area contributed by atoms with Crippen molar-refractivity contribution in [1.29, 1.82) is 0 Å². The fraction of sp³-hybridized carbons (Fsp3) is 0.467. The lowest BCUT2D eigenvalue weighted by Gasteiger charge is -2.21. The molecule has 1 unspecified atom stereocenters. The molecule has 0 aliphatic carbocycles. The van der Waals surface area contributed by atoms with Gasteiger partial charge in [-0.25, -0.2) is 0 Å². The fourth-order valence-electron chi connectivity index (χ4n) is 2.49. The van der Waals surface area contributed by atoms with Gasteiger partial charge < -0.3 is 15.5 Å². The zero-order chi connectivity index (χ0) is 14.5. The highest BCUT2D eigenvalue weighted by Gasteiger charge is 2.32. The Morgan fingerprint density at radius 1 is 1.40 bits per heavy atom. The number of primary amides is 1. The largest absolute Gasteiger partial charge is 0.375 e. The van der Waals surface area contributed by atoms with Gasteiger partial charge >= 0.3 is 0 Å². The van der Waals surface area contributed by atoms with Gasteiger partial charge in [0.15, 0.2) is 0 Å². The third-order valence-electron chi connectivity index (χ3n) is 3.74. The lowest BCUT2D eigenvalue weighted by molar-refractivity contribution is -0.128. The molecule has 2 rings (SSSR count). The number of nitrogens with zero attached hydrogens (tertiary/aromatic N) is 2. The van der Waals surface area contributed by atoms with Crippen LogP contribution >= 0.6 is 0 Å². The Morgan fingerprint density at radius 3 is 2.70 bits per heavy atom. The van der Waals surface area contributed by atoms with Gasteiger partial charge in [-0.15, -0.1) is 0 Å². The topological polar surface area (TPSA) is 66.6 Å². The van der Waals surface area contributed by atoms with E-state index in [0.29, 0.717) is 13.1 Å². The molecule has 1 aromatic rings. The van der Waals surface area contributed by atoms with E-state index in [4.69, 9.17) is 5.73 Å². The van der Waals surface area contributed by atoms with Crippen LogP contribution in [0.25, 0.3) is 0 Å². The third-order valence-corrected chi connectivity index (χ3v) is 3.74. The van der Waals surface area contributed by atoms with Gasteiger partial charge in [-0.2, -0.15) is 0 Å². The summed E-state index contributed by atoms with van der Waals surface area (Å²) in [5, 5.41) is 0. The molecule has 1 heterocycles. The summed E-state index contributed by atoms with van der Waals surface area (Å²) in [6.45, 7) is 2.03. The maximum atomic E-state index is 11.7. The van der Waals surface area contributed by atoms with Crippen molar-refractivity contribution in [2.75, 3.05) is 31.6 Å². The van der Waals surface area contributed by atoms with Crippen LogP contribution < -0.4 is 10.6 Å². The zero-order valence-corrected chi connectivity index (χ0v) is 11.8. The number of nitrogens with two attached hydrogens (primary N) is 1. The molecule has 2 N–H and O–H groups in total. The number of hydrogen-bond acceptors (Lipinski definition) is 3. The molecule has 1 atom stereocenters. The lowest BCUT2D eigenvalue weighted by Crippen LogP contribution is -2.31. The number of rotatable bonds is 6. The molecule has 1 fully saturated rings. The number of carbonyl (C=O) groups is 2. The highest BCUT2D eigenvalue weighted by Crippen LogP contribution is 2.18. The SMILES string of the molecule is CN(CCCN1CC(C(N)=O)CC1=O)c1ccccc1. The maximum Gasteiger partial charge on any atom is 0.223 e. The van der Waals surface area contributed by atoms with Crippen molar-refractivity contribution in [3.63, 3.8) is 0 Å². The van der Waals surface area contributed by atoms with Gasteiger partial charge in [0.05, 0.1) is 5.92 Å². The number of anilines is 1. The van der Waals surface area contributed by atoms with Crippen LogP contribution in [0.15, 0.2) is 30.3 Å². The molecule has 1 saturated heterocycles. The van der Waals surface area contributed by atoms with Crippen molar-refractivity contribution in [2.24, 2.45) is 11.7 Å². The molecular weight excluding hydrogens is 254 g/mol. The predicted molar refractivity (Wildman–Crippen MR) is 78.2 cm³/mol. The summed E-state index contributed by atoms with van der Waals surface area (Å²) >= 11 is 0. The average molecular weight is 275 g/mol. The highest BCUT2D eigenvalue weighted by atomic mass is 16.2. The van der Waals surface area contributed by atoms with E-state index in [1.54, 1.807) is 4.90 Å². The van der Waals surface area contributed by atoms with Gasteiger partial charge in [-0.05, 0) is 18.6 Å². The van der Waals surface area contributed by atoms with Gasteiger partial charge in [0, 0.05) is 38.8 Å². The van der Waals surface area contributed by atoms with Gasteiger partial charge in [0.25, 0.3) is 0 Å².